The van der Waals surface area contributed by atoms with Gasteiger partial charge in [-0.2, -0.15) is 0 Å². The third kappa shape index (κ3) is 70.3. The predicted molar refractivity (Wildman–Crippen MR) is 35.0 cm³/mol. The minimum atomic E-state index is -4.64. The van der Waals surface area contributed by atoms with Crippen molar-refractivity contribution in [1.82, 2.24) is 0 Å². The van der Waals surface area contributed by atoms with E-state index < -0.39 is 24.3 Å². The summed E-state index contributed by atoms with van der Waals surface area (Å²) < 4.78 is 31.0. The van der Waals surface area contributed by atoms with Gasteiger partial charge in [-0.05, 0) is 0 Å². The van der Waals surface area contributed by atoms with Crippen molar-refractivity contribution in [1.29, 1.82) is 0 Å². The Morgan fingerprint density at radius 3 is 1.07 bits per heavy atom. The molecule has 0 aromatic heterocycles. The number of rotatable bonds is 2. The Balaban J connectivity index is -0.0000000651. The molecule has 0 heterocycles. The second-order valence-corrected chi connectivity index (χ2v) is 3.70. The molecule has 0 rings (SSSR count). The van der Waals surface area contributed by atoms with Crippen LogP contribution in [-0.2, 0) is 57.0 Å². The van der Waals surface area contributed by atoms with Gasteiger partial charge in [-0.3, -0.25) is 0 Å². The van der Waals surface area contributed by atoms with Crippen LogP contribution in [0, 0.1) is 0 Å². The van der Waals surface area contributed by atoms with Crippen LogP contribution in [0.2, 0.25) is 0 Å². The summed E-state index contributed by atoms with van der Waals surface area (Å²) in [5, 5.41) is 0. The Kier molecular flexibility index (Phi) is 22.0. The molecule has 2 unspecified atom stereocenters. The predicted octanol–water partition coefficient (Wildman–Crippen LogP) is -0.631. The molecule has 0 aliphatic rings. The van der Waals surface area contributed by atoms with Crippen LogP contribution < -0.4 is 0 Å². The van der Waals surface area contributed by atoms with E-state index in [9.17, 15) is 9.13 Å². The van der Waals surface area contributed by atoms with Crippen molar-refractivity contribution in [3.8, 4) is 0 Å². The van der Waals surface area contributed by atoms with Gasteiger partial charge in [0.1, 0.15) is 0 Å². The molecular formula is H5O9P3Zn2+2. The van der Waals surface area contributed by atoms with Gasteiger partial charge in [0.05, 0.1) is 0 Å². The number of hydrogen-bond acceptors (Lipinski definition) is 4. The van der Waals surface area contributed by atoms with Crippen LogP contribution in [0.5, 0.6) is 0 Å². The van der Waals surface area contributed by atoms with E-state index in [0.29, 0.717) is 0 Å². The van der Waals surface area contributed by atoms with Crippen molar-refractivity contribution < 1.29 is 81.4 Å². The monoisotopic (exact) mass is 370 g/mol. The van der Waals surface area contributed by atoms with E-state index in [1.165, 1.54) is 0 Å². The summed E-state index contributed by atoms with van der Waals surface area (Å²) >= 11 is 0. The third-order valence-electron chi connectivity index (χ3n) is 0.140. The molecule has 0 fully saturated rings. The van der Waals surface area contributed by atoms with Gasteiger partial charge in [-0.25, -0.2) is 4.57 Å². The van der Waals surface area contributed by atoms with Gasteiger partial charge in [0.25, 0.3) is 0 Å². The Hall–Kier alpha value is 1.44. The van der Waals surface area contributed by atoms with Gasteiger partial charge in [0.15, 0.2) is 4.31 Å². The van der Waals surface area contributed by atoms with Gasteiger partial charge < -0.3 is 14.7 Å². The van der Waals surface area contributed by atoms with Crippen molar-refractivity contribution in [3.63, 3.8) is 0 Å². The molecule has 0 aromatic carbocycles. The van der Waals surface area contributed by atoms with Gasteiger partial charge >= 0.3 is 24.3 Å². The molecule has 14 heavy (non-hydrogen) atoms. The SMILES string of the molecule is O=P(O)(O)O.O=[P+](O)O[P+](=O)O.[Zn].[Zn]. The Morgan fingerprint density at radius 1 is 0.929 bits per heavy atom. The van der Waals surface area contributed by atoms with Gasteiger partial charge in [-0.1, -0.05) is 0 Å². The van der Waals surface area contributed by atoms with Crippen molar-refractivity contribution in [2.45, 2.75) is 0 Å². The third-order valence-corrected chi connectivity index (χ3v) is 1.26. The standard InChI is InChI=1S/O5P2.H3O4P.2Zn/c1-6(2)5-7(3)4;1-5(2,3)4;;/h;(H3,1,2,3,4);;/p+2. The van der Waals surface area contributed by atoms with Gasteiger partial charge in [0.2, 0.25) is 0 Å². The largest absolute Gasteiger partial charge is 0.745 e. The van der Waals surface area contributed by atoms with E-state index in [2.05, 4.69) is 4.31 Å². The molecule has 14 heteroatoms. The summed E-state index contributed by atoms with van der Waals surface area (Å²) in [5.74, 6) is 0. The van der Waals surface area contributed by atoms with E-state index in [-0.39, 0.29) is 39.0 Å². The quantitative estimate of drug-likeness (QED) is 0.314. The summed E-state index contributed by atoms with van der Waals surface area (Å²) in [6.45, 7) is 0. The summed E-state index contributed by atoms with van der Waals surface area (Å²) in [4.78, 5) is 36.9. The van der Waals surface area contributed by atoms with Crippen LogP contribution >= 0.6 is 24.3 Å². The zero-order chi connectivity index (χ0) is 10.4. The molecule has 0 aromatic rings. The summed E-state index contributed by atoms with van der Waals surface area (Å²) in [6, 6.07) is 0. The Labute approximate surface area is 106 Å². The van der Waals surface area contributed by atoms with E-state index in [0.717, 1.165) is 0 Å². The van der Waals surface area contributed by atoms with Crippen molar-refractivity contribution in [2.24, 2.45) is 0 Å². The van der Waals surface area contributed by atoms with Gasteiger partial charge in [-0.15, -0.1) is 9.79 Å². The first-order valence-corrected chi connectivity index (χ1v) is 5.74. The fourth-order valence-corrected chi connectivity index (χ4v) is 0.538. The second-order valence-electron chi connectivity index (χ2n) is 1.07. The molecule has 0 spiro atoms. The number of phosphoric acid groups is 1. The summed E-state index contributed by atoms with van der Waals surface area (Å²) in [7, 11) is -10.5. The Morgan fingerprint density at radius 2 is 1.07 bits per heavy atom. The molecule has 0 aliphatic carbocycles. The van der Waals surface area contributed by atoms with Crippen LogP contribution in [-0.4, -0.2) is 24.5 Å². The first-order valence-electron chi connectivity index (χ1n) is 1.91. The second kappa shape index (κ2) is 12.5. The van der Waals surface area contributed by atoms with E-state index in [4.69, 9.17) is 29.0 Å². The molecule has 0 amide bonds. The van der Waals surface area contributed by atoms with Crippen molar-refractivity contribution >= 4 is 24.3 Å². The topological polar surface area (TPSA) is 162 Å². The molecule has 0 radical (unpaired) electrons. The van der Waals surface area contributed by atoms with Crippen LogP contribution in [0.1, 0.15) is 0 Å². The summed E-state index contributed by atoms with van der Waals surface area (Å²) in [5.41, 5.74) is 0. The molecule has 0 saturated carbocycles. The molecular weight excluding hydrogens is 368 g/mol. The van der Waals surface area contributed by atoms with Gasteiger partial charge in [0, 0.05) is 48.1 Å². The maximum atomic E-state index is 9.39. The Bertz CT molecular complexity index is 186. The van der Waals surface area contributed by atoms with Crippen LogP contribution in [0.4, 0.5) is 0 Å². The molecule has 9 nitrogen and oxygen atoms in total. The minimum Gasteiger partial charge on any atom is -0.303 e. The van der Waals surface area contributed by atoms with Crippen LogP contribution in [0.3, 0.4) is 0 Å². The zero-order valence-corrected chi connectivity index (χ0v) is 15.2. The number of hydrogen-bond donors (Lipinski definition) is 5. The van der Waals surface area contributed by atoms with Crippen LogP contribution in [0.25, 0.3) is 0 Å². The van der Waals surface area contributed by atoms with E-state index >= 15 is 0 Å². The van der Waals surface area contributed by atoms with Crippen LogP contribution in [0.15, 0.2) is 0 Å². The van der Waals surface area contributed by atoms with Crippen molar-refractivity contribution in [3.05, 3.63) is 0 Å². The smallest absolute Gasteiger partial charge is 0.303 e. The molecule has 0 saturated heterocycles. The fourth-order valence-electron chi connectivity index (χ4n) is 0.0598. The molecule has 0 aliphatic heterocycles. The normalized spacial score (nSPS) is 10.9. The first-order chi connectivity index (χ1) is 5.13. The molecule has 5 N–H and O–H groups in total. The fraction of sp³-hybridized carbons (Fsp3) is 0. The maximum absolute atomic E-state index is 9.39. The minimum absolute atomic E-state index is 0. The zero-order valence-electron chi connectivity index (χ0n) is 6.62. The maximum Gasteiger partial charge on any atom is 0.745 e. The van der Waals surface area contributed by atoms with Crippen molar-refractivity contribution in [2.75, 3.05) is 0 Å². The summed E-state index contributed by atoms with van der Waals surface area (Å²) in [6.07, 6.45) is 0. The first kappa shape index (κ1) is 24.6. The average Bonchev–Trinajstić information content (AvgIpc) is 1.52. The molecule has 2 atom stereocenters. The van der Waals surface area contributed by atoms with E-state index in [1.54, 1.807) is 0 Å². The molecule has 0 bridgehead atoms. The average molecular weight is 373 g/mol. The van der Waals surface area contributed by atoms with E-state index in [1.807, 2.05) is 0 Å². The molecule has 76 valence electrons.